The molecule has 0 bridgehead atoms. The molecule has 2 aromatic carbocycles. The fourth-order valence-corrected chi connectivity index (χ4v) is 2.81. The average molecular weight is 421 g/mol. The highest BCUT2D eigenvalue weighted by molar-refractivity contribution is 6.30. The number of nitro groups is 1. The van der Waals surface area contributed by atoms with Gasteiger partial charge in [-0.15, -0.1) is 0 Å². The Morgan fingerprint density at radius 3 is 2.66 bits per heavy atom. The topological polar surface area (TPSA) is 114 Å². The van der Waals surface area contributed by atoms with E-state index in [0.717, 1.165) is 0 Å². The molecule has 0 saturated carbocycles. The highest BCUT2D eigenvalue weighted by Gasteiger charge is 2.14. The second kappa shape index (κ2) is 9.24. The minimum absolute atomic E-state index is 0.0969. The minimum atomic E-state index is -0.634. The lowest BCUT2D eigenvalue weighted by molar-refractivity contribution is -0.384. The number of esters is 1. The molecule has 0 atom stereocenters. The van der Waals surface area contributed by atoms with Crippen molar-refractivity contribution in [1.82, 2.24) is 4.57 Å². The number of fused-ring (bicyclic) bond motifs is 1. The molecule has 1 aromatic heterocycles. The predicted molar refractivity (Wildman–Crippen MR) is 104 cm³/mol. The maximum Gasteiger partial charge on any atom is 0.419 e. The van der Waals surface area contributed by atoms with Gasteiger partial charge in [-0.2, -0.15) is 0 Å². The number of benzene rings is 2. The van der Waals surface area contributed by atoms with Crippen molar-refractivity contribution < 1.29 is 23.6 Å². The van der Waals surface area contributed by atoms with Crippen LogP contribution in [0.3, 0.4) is 0 Å². The van der Waals surface area contributed by atoms with Crippen LogP contribution < -0.4 is 10.5 Å². The van der Waals surface area contributed by atoms with Crippen LogP contribution in [0.25, 0.3) is 11.1 Å². The van der Waals surface area contributed by atoms with Gasteiger partial charge in [-0.25, -0.2) is 4.79 Å². The number of non-ortho nitro benzene ring substituents is 1. The van der Waals surface area contributed by atoms with Crippen LogP contribution >= 0.6 is 11.6 Å². The van der Waals surface area contributed by atoms with Crippen LogP contribution in [-0.2, 0) is 16.1 Å². The number of halogens is 1. The van der Waals surface area contributed by atoms with Crippen LogP contribution in [0.5, 0.6) is 5.75 Å². The van der Waals surface area contributed by atoms with Gasteiger partial charge in [0.1, 0.15) is 19.0 Å². The summed E-state index contributed by atoms with van der Waals surface area (Å²) in [5.74, 6) is -0.427. The lowest BCUT2D eigenvalue weighted by Crippen LogP contribution is -2.16. The van der Waals surface area contributed by atoms with E-state index in [1.807, 2.05) is 0 Å². The molecule has 1 heterocycles. The Morgan fingerprint density at radius 1 is 1.17 bits per heavy atom. The first-order valence-corrected chi connectivity index (χ1v) is 9.13. The molecule has 0 aliphatic rings. The monoisotopic (exact) mass is 420 g/mol. The summed E-state index contributed by atoms with van der Waals surface area (Å²) in [6.45, 7) is 0.526. The van der Waals surface area contributed by atoms with Gasteiger partial charge in [0.05, 0.1) is 16.5 Å². The van der Waals surface area contributed by atoms with Crippen molar-refractivity contribution in [2.75, 3.05) is 13.2 Å². The van der Waals surface area contributed by atoms with Crippen LogP contribution in [0.1, 0.15) is 12.8 Å². The Hall–Kier alpha value is -3.33. The summed E-state index contributed by atoms with van der Waals surface area (Å²) < 4.78 is 16.9. The summed E-state index contributed by atoms with van der Waals surface area (Å²) in [6, 6.07) is 10.8. The number of hydrogen-bond donors (Lipinski definition) is 0. The average Bonchev–Trinajstić information content (AvgIpc) is 3.01. The lowest BCUT2D eigenvalue weighted by Gasteiger charge is -2.07. The number of carbonyl (C=O) groups excluding carboxylic acids is 1. The molecule has 3 aromatic rings. The Morgan fingerprint density at radius 2 is 1.93 bits per heavy atom. The number of carbonyl (C=O) groups is 1. The Balaban J connectivity index is 1.44. The molecule has 0 N–H and O–H groups in total. The molecule has 0 amide bonds. The van der Waals surface area contributed by atoms with Crippen LogP contribution in [0, 0.1) is 10.1 Å². The molecule has 152 valence electrons. The van der Waals surface area contributed by atoms with Crippen molar-refractivity contribution in [1.29, 1.82) is 0 Å². The second-order valence-corrected chi connectivity index (χ2v) is 6.49. The number of rotatable bonds is 9. The van der Waals surface area contributed by atoms with Gasteiger partial charge in [-0.1, -0.05) is 11.6 Å². The first kappa shape index (κ1) is 20.4. The van der Waals surface area contributed by atoms with Crippen molar-refractivity contribution in [3.8, 4) is 5.75 Å². The highest BCUT2D eigenvalue weighted by atomic mass is 35.5. The quantitative estimate of drug-likeness (QED) is 0.225. The van der Waals surface area contributed by atoms with Gasteiger partial charge in [-0.05, 0) is 36.8 Å². The van der Waals surface area contributed by atoms with Crippen molar-refractivity contribution in [3.05, 3.63) is 68.2 Å². The normalized spacial score (nSPS) is 10.8. The molecular weight excluding hydrogens is 404 g/mol. The number of aromatic nitrogens is 1. The van der Waals surface area contributed by atoms with E-state index >= 15 is 0 Å². The Labute approximate surface area is 169 Å². The van der Waals surface area contributed by atoms with E-state index in [1.54, 1.807) is 24.3 Å². The standard InChI is InChI=1S/C19H17ClN2O7/c20-13-3-6-15(7-4-13)27-10-11-28-18(23)2-1-9-21-16-8-5-14(22(25)26)12-17(16)29-19(21)24/h3-8,12H,1-2,9-11H2. The first-order chi connectivity index (χ1) is 13.9. The van der Waals surface area contributed by atoms with Crippen LogP contribution in [-0.4, -0.2) is 28.7 Å². The third-order valence-electron chi connectivity index (χ3n) is 4.05. The van der Waals surface area contributed by atoms with Crippen LogP contribution in [0.2, 0.25) is 5.02 Å². The van der Waals surface area contributed by atoms with Gasteiger partial charge in [0, 0.05) is 24.1 Å². The number of aryl methyl sites for hydroxylation is 1. The minimum Gasteiger partial charge on any atom is -0.490 e. The number of oxazole rings is 1. The summed E-state index contributed by atoms with van der Waals surface area (Å²) in [6.07, 6.45) is 0.454. The van der Waals surface area contributed by atoms with E-state index in [4.69, 9.17) is 25.5 Å². The number of hydrogen-bond acceptors (Lipinski definition) is 7. The third-order valence-corrected chi connectivity index (χ3v) is 4.31. The molecule has 0 fully saturated rings. The van der Waals surface area contributed by atoms with Crippen molar-refractivity contribution in [3.63, 3.8) is 0 Å². The fourth-order valence-electron chi connectivity index (χ4n) is 2.68. The molecule has 10 heteroatoms. The smallest absolute Gasteiger partial charge is 0.419 e. The van der Waals surface area contributed by atoms with Gasteiger partial charge >= 0.3 is 11.7 Å². The Kier molecular flexibility index (Phi) is 6.50. The molecule has 0 unspecified atom stereocenters. The van der Waals surface area contributed by atoms with Gasteiger partial charge in [-0.3, -0.25) is 19.5 Å². The zero-order valence-corrected chi connectivity index (χ0v) is 16.0. The predicted octanol–water partition coefficient (Wildman–Crippen LogP) is 3.56. The summed E-state index contributed by atoms with van der Waals surface area (Å²) in [4.78, 5) is 34.0. The SMILES string of the molecule is O=C(CCCn1c(=O)oc2cc([N+](=O)[O-])ccc21)OCCOc1ccc(Cl)cc1. The number of nitrogens with zero attached hydrogens (tertiary/aromatic N) is 2. The van der Waals surface area contributed by atoms with Crippen molar-refractivity contribution >= 4 is 34.4 Å². The van der Waals surface area contributed by atoms with E-state index in [0.29, 0.717) is 22.7 Å². The van der Waals surface area contributed by atoms with Gasteiger partial charge in [0.25, 0.3) is 5.69 Å². The molecule has 3 rings (SSSR count). The summed E-state index contributed by atoms with van der Waals surface area (Å²) in [5.41, 5.74) is 0.402. The van der Waals surface area contributed by atoms with Crippen molar-refractivity contribution in [2.45, 2.75) is 19.4 Å². The molecule has 0 aliphatic carbocycles. The summed E-state index contributed by atoms with van der Waals surface area (Å²) in [5, 5.41) is 11.4. The van der Waals surface area contributed by atoms with E-state index < -0.39 is 16.6 Å². The zero-order chi connectivity index (χ0) is 20.8. The van der Waals surface area contributed by atoms with E-state index in [9.17, 15) is 19.7 Å². The van der Waals surface area contributed by atoms with E-state index in [1.165, 1.54) is 22.8 Å². The van der Waals surface area contributed by atoms with Crippen molar-refractivity contribution in [2.24, 2.45) is 0 Å². The number of nitro benzene ring substituents is 1. The Bertz CT molecular complexity index is 1070. The maximum atomic E-state index is 11.9. The fraction of sp³-hybridized carbons (Fsp3) is 0.263. The molecular formula is C19H17ClN2O7. The molecule has 29 heavy (non-hydrogen) atoms. The van der Waals surface area contributed by atoms with Crippen LogP contribution in [0.4, 0.5) is 5.69 Å². The molecule has 9 nitrogen and oxygen atoms in total. The molecule has 0 aliphatic heterocycles. The molecule has 0 spiro atoms. The maximum absolute atomic E-state index is 11.9. The van der Waals surface area contributed by atoms with Gasteiger partial charge in [0.15, 0.2) is 5.58 Å². The molecule has 0 radical (unpaired) electrons. The van der Waals surface area contributed by atoms with Crippen LogP contribution in [0.15, 0.2) is 51.7 Å². The summed E-state index contributed by atoms with van der Waals surface area (Å²) >= 11 is 5.78. The highest BCUT2D eigenvalue weighted by Crippen LogP contribution is 2.20. The van der Waals surface area contributed by atoms with E-state index in [-0.39, 0.29) is 37.4 Å². The zero-order valence-electron chi connectivity index (χ0n) is 15.2. The second-order valence-electron chi connectivity index (χ2n) is 6.06. The number of ether oxygens (including phenoxy) is 2. The summed E-state index contributed by atoms with van der Waals surface area (Å²) in [7, 11) is 0. The lowest BCUT2D eigenvalue weighted by atomic mass is 10.2. The molecule has 0 saturated heterocycles. The van der Waals surface area contributed by atoms with E-state index in [2.05, 4.69) is 0 Å². The largest absolute Gasteiger partial charge is 0.490 e. The van der Waals surface area contributed by atoms with Gasteiger partial charge in [0.2, 0.25) is 0 Å². The first-order valence-electron chi connectivity index (χ1n) is 8.76. The third kappa shape index (κ3) is 5.35. The van der Waals surface area contributed by atoms with Gasteiger partial charge < -0.3 is 13.9 Å².